The van der Waals surface area contributed by atoms with Crippen LogP contribution in [0.2, 0.25) is 0 Å². The van der Waals surface area contributed by atoms with Crippen molar-refractivity contribution in [1.82, 2.24) is 10.1 Å². The number of aromatic nitrogens is 2. The van der Waals surface area contributed by atoms with E-state index in [1.165, 1.54) is 0 Å². The minimum Gasteiger partial charge on any atom is -0.507 e. The van der Waals surface area contributed by atoms with Crippen molar-refractivity contribution < 1.29 is 24.0 Å². The van der Waals surface area contributed by atoms with E-state index in [9.17, 15) is 14.7 Å². The lowest BCUT2D eigenvalue weighted by atomic mass is 9.80. The van der Waals surface area contributed by atoms with E-state index in [0.29, 0.717) is 28.7 Å². The van der Waals surface area contributed by atoms with Crippen LogP contribution in [0.5, 0.6) is 5.75 Å². The number of carbonyl (C=O) groups excluding carboxylic acids is 2. The number of ether oxygens (including phenoxy) is 1. The maximum Gasteiger partial charge on any atom is 0.299 e. The topological polar surface area (TPSA) is 106 Å². The van der Waals surface area contributed by atoms with Crippen LogP contribution in [-0.4, -0.2) is 40.1 Å². The van der Waals surface area contributed by atoms with Crippen molar-refractivity contribution in [3.05, 3.63) is 65.5 Å². The Kier molecular flexibility index (Phi) is 6.11. The van der Waals surface area contributed by atoms with Gasteiger partial charge in [-0.2, -0.15) is 4.98 Å². The molecule has 1 atom stereocenters. The third-order valence-corrected chi connectivity index (χ3v) is 6.87. The van der Waals surface area contributed by atoms with Gasteiger partial charge in [0, 0.05) is 16.8 Å². The monoisotopic (exact) mass is 473 g/mol. The third-order valence-electron chi connectivity index (χ3n) is 6.87. The second-order valence-electron chi connectivity index (χ2n) is 9.03. The highest BCUT2D eigenvalue weighted by Crippen LogP contribution is 2.41. The van der Waals surface area contributed by atoms with E-state index in [2.05, 4.69) is 10.1 Å². The first-order valence-corrected chi connectivity index (χ1v) is 11.8. The predicted octanol–water partition coefficient (Wildman–Crippen LogP) is 4.89. The number of nitrogens with zero attached hydrogens (tertiary/aromatic N) is 3. The van der Waals surface area contributed by atoms with Crippen LogP contribution < -0.4 is 9.64 Å². The lowest BCUT2D eigenvalue weighted by Gasteiger charge is -2.34. The van der Waals surface area contributed by atoms with Crippen molar-refractivity contribution >= 4 is 23.1 Å². The lowest BCUT2D eigenvalue weighted by Crippen LogP contribution is -2.40. The molecule has 0 spiro atoms. The maximum atomic E-state index is 13.3. The van der Waals surface area contributed by atoms with E-state index in [1.807, 2.05) is 0 Å². The number of Topliss-reactive ketones (excluding diaryl/α,β-unsaturated/α-hetero) is 1. The molecule has 1 amide bonds. The van der Waals surface area contributed by atoms with Gasteiger partial charge in [0.1, 0.15) is 11.5 Å². The van der Waals surface area contributed by atoms with Gasteiger partial charge in [-0.1, -0.05) is 24.4 Å². The number of aliphatic hydroxyl groups excluding tert-OH is 1. The lowest BCUT2D eigenvalue weighted by molar-refractivity contribution is -0.132. The smallest absolute Gasteiger partial charge is 0.299 e. The quantitative estimate of drug-likeness (QED) is 0.320. The molecule has 1 aromatic heterocycles. The SMILES string of the molecule is COc1ccc(/C(O)=C2\C(=O)C(=O)N(c3ccc(-c4nc(C)no4)cc3)C2C2CCCCC2)cc1. The molecule has 2 heterocycles. The van der Waals surface area contributed by atoms with E-state index in [0.717, 1.165) is 37.7 Å². The van der Waals surface area contributed by atoms with Gasteiger partial charge in [0.15, 0.2) is 5.82 Å². The summed E-state index contributed by atoms with van der Waals surface area (Å²) in [5.74, 6) is 0.199. The summed E-state index contributed by atoms with van der Waals surface area (Å²) < 4.78 is 10.4. The van der Waals surface area contributed by atoms with Crippen molar-refractivity contribution in [2.24, 2.45) is 5.92 Å². The molecule has 35 heavy (non-hydrogen) atoms. The molecule has 8 nitrogen and oxygen atoms in total. The molecule has 1 saturated carbocycles. The second-order valence-corrected chi connectivity index (χ2v) is 9.03. The molecule has 1 unspecified atom stereocenters. The number of benzene rings is 2. The van der Waals surface area contributed by atoms with Gasteiger partial charge in [-0.05, 0) is 74.2 Å². The first-order chi connectivity index (χ1) is 17.0. The van der Waals surface area contributed by atoms with Crippen LogP contribution in [0, 0.1) is 12.8 Å². The summed E-state index contributed by atoms with van der Waals surface area (Å²) in [6.07, 6.45) is 4.97. The summed E-state index contributed by atoms with van der Waals surface area (Å²) in [5, 5.41) is 15.1. The molecule has 1 saturated heterocycles. The molecule has 2 aliphatic rings. The fourth-order valence-electron chi connectivity index (χ4n) is 5.12. The minimum atomic E-state index is -0.662. The minimum absolute atomic E-state index is 0.0767. The normalized spacial score (nSPS) is 20.4. The molecule has 1 aliphatic heterocycles. The van der Waals surface area contributed by atoms with Crippen molar-refractivity contribution in [3.8, 4) is 17.2 Å². The number of hydrogen-bond acceptors (Lipinski definition) is 7. The summed E-state index contributed by atoms with van der Waals surface area (Å²) in [7, 11) is 1.56. The highest BCUT2D eigenvalue weighted by atomic mass is 16.5. The number of amides is 1. The molecule has 1 N–H and O–H groups in total. The fraction of sp³-hybridized carbons (Fsp3) is 0.333. The second kappa shape index (κ2) is 9.37. The number of hydrogen-bond donors (Lipinski definition) is 1. The average molecular weight is 474 g/mol. The highest BCUT2D eigenvalue weighted by molar-refractivity contribution is 6.51. The Morgan fingerprint density at radius 3 is 2.31 bits per heavy atom. The molecule has 1 aliphatic carbocycles. The summed E-state index contributed by atoms with van der Waals surface area (Å²) in [6, 6.07) is 13.5. The van der Waals surface area contributed by atoms with Crippen LogP contribution >= 0.6 is 0 Å². The fourth-order valence-corrected chi connectivity index (χ4v) is 5.12. The zero-order valence-corrected chi connectivity index (χ0v) is 19.7. The van der Waals surface area contributed by atoms with Crippen molar-refractivity contribution in [2.45, 2.75) is 45.1 Å². The number of rotatable bonds is 5. The van der Waals surface area contributed by atoms with E-state index in [4.69, 9.17) is 9.26 Å². The molecule has 2 aromatic carbocycles. The van der Waals surface area contributed by atoms with Crippen LogP contribution in [0.4, 0.5) is 5.69 Å². The van der Waals surface area contributed by atoms with Gasteiger partial charge in [-0.3, -0.25) is 14.5 Å². The van der Waals surface area contributed by atoms with Gasteiger partial charge in [-0.15, -0.1) is 0 Å². The third kappa shape index (κ3) is 4.20. The largest absolute Gasteiger partial charge is 0.507 e. The Balaban J connectivity index is 1.57. The number of aryl methyl sites for hydroxylation is 1. The molecule has 180 valence electrons. The van der Waals surface area contributed by atoms with E-state index < -0.39 is 17.7 Å². The van der Waals surface area contributed by atoms with E-state index >= 15 is 0 Å². The van der Waals surface area contributed by atoms with Crippen molar-refractivity contribution in [1.29, 1.82) is 0 Å². The van der Waals surface area contributed by atoms with Gasteiger partial charge >= 0.3 is 0 Å². The zero-order chi connectivity index (χ0) is 24.5. The number of anilines is 1. The Morgan fingerprint density at radius 1 is 1.03 bits per heavy atom. The number of aliphatic hydroxyl groups is 1. The molecule has 5 rings (SSSR count). The predicted molar refractivity (Wildman–Crippen MR) is 130 cm³/mol. The van der Waals surface area contributed by atoms with E-state index in [1.54, 1.807) is 67.5 Å². The van der Waals surface area contributed by atoms with Crippen molar-refractivity contribution in [2.75, 3.05) is 12.0 Å². The van der Waals surface area contributed by atoms with Crippen LogP contribution in [0.25, 0.3) is 17.2 Å². The average Bonchev–Trinajstić information content (AvgIpc) is 3.45. The zero-order valence-electron chi connectivity index (χ0n) is 19.7. The van der Waals surface area contributed by atoms with Gasteiger partial charge in [0.25, 0.3) is 17.6 Å². The van der Waals surface area contributed by atoms with Crippen molar-refractivity contribution in [3.63, 3.8) is 0 Å². The Morgan fingerprint density at radius 2 is 1.71 bits per heavy atom. The summed E-state index contributed by atoms with van der Waals surface area (Å²) >= 11 is 0. The van der Waals surface area contributed by atoms with Gasteiger partial charge in [-0.25, -0.2) is 0 Å². The molecule has 2 fully saturated rings. The first-order valence-electron chi connectivity index (χ1n) is 11.8. The van der Waals surface area contributed by atoms with Gasteiger partial charge in [0.05, 0.1) is 18.7 Å². The molecule has 8 heteroatoms. The van der Waals surface area contributed by atoms with Gasteiger partial charge < -0.3 is 14.4 Å². The summed E-state index contributed by atoms with van der Waals surface area (Å²) in [5.41, 5.74) is 1.96. The van der Waals surface area contributed by atoms with Crippen LogP contribution in [0.1, 0.15) is 43.5 Å². The molecule has 3 aromatic rings. The first kappa shape index (κ1) is 22.8. The summed E-state index contributed by atoms with van der Waals surface area (Å²) in [6.45, 7) is 1.74. The number of methoxy groups -OCH3 is 1. The van der Waals surface area contributed by atoms with Crippen LogP contribution in [0.15, 0.2) is 58.6 Å². The highest BCUT2D eigenvalue weighted by Gasteiger charge is 2.49. The number of ketones is 1. The maximum absolute atomic E-state index is 13.3. The molecular weight excluding hydrogens is 446 g/mol. The Labute approximate surface area is 203 Å². The van der Waals surface area contributed by atoms with Crippen LogP contribution in [0.3, 0.4) is 0 Å². The standard InChI is InChI=1S/C27H27N3O5/c1-16-28-26(35-29-16)19-8-12-20(13-9-19)30-23(17-6-4-3-5-7-17)22(25(32)27(30)33)24(31)18-10-14-21(34-2)15-11-18/h8-15,17,23,31H,3-7H2,1-2H3/b24-22+. The molecule has 0 bridgehead atoms. The molecule has 0 radical (unpaired) electrons. The van der Waals surface area contributed by atoms with E-state index in [-0.39, 0.29) is 17.3 Å². The summed E-state index contributed by atoms with van der Waals surface area (Å²) in [4.78, 5) is 32.4. The number of carbonyl (C=O) groups is 2. The van der Waals surface area contributed by atoms with Gasteiger partial charge in [0.2, 0.25) is 0 Å². The Hall–Kier alpha value is -3.94. The van der Waals surface area contributed by atoms with Crippen LogP contribution in [-0.2, 0) is 9.59 Å². The molecular formula is C27H27N3O5. The Bertz CT molecular complexity index is 1270.